The molecule has 0 unspecified atom stereocenters. The fourth-order valence-corrected chi connectivity index (χ4v) is 8.45. The van der Waals surface area contributed by atoms with Crippen LogP contribution in [0.25, 0.3) is 72.7 Å². The number of hydrogen-bond donors (Lipinski definition) is 1. The van der Waals surface area contributed by atoms with Crippen molar-refractivity contribution in [2.75, 3.05) is 0 Å². The first-order valence-electron chi connectivity index (χ1n) is 22.1. The summed E-state index contributed by atoms with van der Waals surface area (Å²) in [6.07, 6.45) is 2.86. The van der Waals surface area contributed by atoms with Crippen LogP contribution in [0.1, 0.15) is 98.4 Å². The van der Waals surface area contributed by atoms with Gasteiger partial charge in [-0.25, -0.2) is 4.98 Å². The van der Waals surface area contributed by atoms with Gasteiger partial charge in [-0.1, -0.05) is 178 Å². The third-order valence-corrected chi connectivity index (χ3v) is 11.9. The average molecular weight is 1010 g/mol. The zero-order valence-electron chi connectivity index (χ0n) is 38.7. The number of nitrogens with zero attached hydrogens (tertiary/aromatic N) is 3. The van der Waals surface area contributed by atoms with Crippen molar-refractivity contribution in [3.8, 4) is 67.5 Å². The summed E-state index contributed by atoms with van der Waals surface area (Å²) in [6, 6.07) is 51.3. The molecule has 0 aliphatic rings. The molecule has 0 fully saturated rings. The largest absolute Gasteiger partial charge is 0.507 e. The molecular weight excluding hydrogens is 950 g/mol. The molecule has 0 saturated heterocycles. The van der Waals surface area contributed by atoms with Gasteiger partial charge in [0.1, 0.15) is 11.6 Å². The third-order valence-electron chi connectivity index (χ3n) is 11.9. The molecule has 1 N–H and O–H groups in total. The van der Waals surface area contributed by atoms with E-state index in [-0.39, 0.29) is 43.1 Å². The predicted octanol–water partition coefficient (Wildman–Crippen LogP) is 15.3. The number of phenols is 1. The van der Waals surface area contributed by atoms with Crippen molar-refractivity contribution >= 4 is 11.0 Å². The molecule has 8 aromatic rings. The number of imidazole rings is 1. The van der Waals surface area contributed by atoms with Crippen LogP contribution in [0.5, 0.6) is 5.75 Å². The van der Waals surface area contributed by atoms with Crippen molar-refractivity contribution in [1.29, 1.82) is 0 Å². The van der Waals surface area contributed by atoms with Crippen molar-refractivity contribution in [1.82, 2.24) is 14.5 Å². The number of fused-ring (bicyclic) bond motifs is 1. The minimum Gasteiger partial charge on any atom is -0.507 e. The summed E-state index contributed by atoms with van der Waals surface area (Å²) < 4.78 is 2.29. The van der Waals surface area contributed by atoms with E-state index in [0.717, 1.165) is 78.9 Å². The molecule has 324 valence electrons. The predicted molar refractivity (Wildman–Crippen MR) is 261 cm³/mol. The van der Waals surface area contributed by atoms with Gasteiger partial charge in [0, 0.05) is 44.1 Å². The molecule has 4 nitrogen and oxygen atoms in total. The summed E-state index contributed by atoms with van der Waals surface area (Å²) in [7, 11) is 0. The van der Waals surface area contributed by atoms with Gasteiger partial charge in [0.15, 0.2) is 0 Å². The first-order valence-corrected chi connectivity index (χ1v) is 22.1. The van der Waals surface area contributed by atoms with Gasteiger partial charge in [0.2, 0.25) is 0 Å². The van der Waals surface area contributed by atoms with Crippen molar-refractivity contribution in [3.05, 3.63) is 168 Å². The fourth-order valence-electron chi connectivity index (χ4n) is 8.45. The molecule has 0 bridgehead atoms. The van der Waals surface area contributed by atoms with Crippen LogP contribution in [0.15, 0.2) is 140 Å². The number of benzene rings is 6. The molecule has 0 aliphatic heterocycles. The van der Waals surface area contributed by atoms with Gasteiger partial charge < -0.3 is 5.11 Å². The van der Waals surface area contributed by atoms with Crippen molar-refractivity contribution in [3.63, 3.8) is 0 Å². The van der Waals surface area contributed by atoms with Gasteiger partial charge in [0.25, 0.3) is 0 Å². The van der Waals surface area contributed by atoms with E-state index in [1.807, 2.05) is 12.3 Å². The molecule has 0 saturated carbocycles. The van der Waals surface area contributed by atoms with E-state index in [1.165, 1.54) is 11.1 Å². The van der Waals surface area contributed by atoms with E-state index in [4.69, 9.17) is 9.97 Å². The van der Waals surface area contributed by atoms with Gasteiger partial charge in [-0.3, -0.25) is 9.55 Å². The van der Waals surface area contributed by atoms with Crippen molar-refractivity contribution < 1.29 is 26.2 Å². The molecule has 0 aliphatic carbocycles. The van der Waals surface area contributed by atoms with Crippen molar-refractivity contribution in [2.24, 2.45) is 5.92 Å². The van der Waals surface area contributed by atoms with Gasteiger partial charge in [-0.2, -0.15) is 0 Å². The molecule has 63 heavy (non-hydrogen) atoms. The Morgan fingerprint density at radius 2 is 1.22 bits per heavy atom. The Hall–Kier alpha value is -5.57. The normalized spacial score (nSPS) is 12.2. The Kier molecular flexibility index (Phi) is 12.7. The van der Waals surface area contributed by atoms with E-state index >= 15 is 0 Å². The van der Waals surface area contributed by atoms with Gasteiger partial charge in [-0.15, -0.1) is 29.3 Å². The Morgan fingerprint density at radius 3 is 1.86 bits per heavy atom. The molecular formula is C58H60N3OPt-. The van der Waals surface area contributed by atoms with E-state index < -0.39 is 0 Å². The minimum atomic E-state index is -0.319. The van der Waals surface area contributed by atoms with Crippen LogP contribution in [-0.2, 0) is 43.7 Å². The number of hydrogen-bond acceptors (Lipinski definition) is 3. The van der Waals surface area contributed by atoms with Crippen LogP contribution in [0, 0.1) is 12.0 Å². The molecule has 6 aromatic carbocycles. The third kappa shape index (κ3) is 9.39. The number of rotatable bonds is 8. The zero-order chi connectivity index (χ0) is 44.1. The maximum Gasteiger partial charge on any atom is 0.148 e. The fraction of sp³-hybridized carbons (Fsp3) is 0.276. The SMILES string of the molecule is CC(C)Cc1ccc(-n2c(-c3cc(C(C)(C)C)cc(C(C)(C)C)c3O)nc3c(-c4[c-]c(-c5cc(-c6ccccc6)ccn5)cc(C(C)(C)C)c4)cccc32)c(-c2ccccc2)c1.[Pt]. The van der Waals surface area contributed by atoms with Crippen LogP contribution in [0.4, 0.5) is 0 Å². The van der Waals surface area contributed by atoms with E-state index in [1.54, 1.807) is 0 Å². The van der Waals surface area contributed by atoms with Gasteiger partial charge in [0.05, 0.1) is 22.3 Å². The number of phenolic OH excluding ortho intramolecular Hbond substituents is 1. The first-order chi connectivity index (χ1) is 29.4. The Bertz CT molecular complexity index is 2910. The topological polar surface area (TPSA) is 50.9 Å². The zero-order valence-corrected chi connectivity index (χ0v) is 40.9. The summed E-state index contributed by atoms with van der Waals surface area (Å²) in [5.74, 6) is 1.46. The Labute approximate surface area is 389 Å². The second-order valence-electron chi connectivity index (χ2n) is 20.4. The van der Waals surface area contributed by atoms with Gasteiger partial charge >= 0.3 is 0 Å². The summed E-state index contributed by atoms with van der Waals surface area (Å²) in [5, 5.41) is 12.5. The average Bonchev–Trinajstić information content (AvgIpc) is 3.62. The molecule has 0 atom stereocenters. The second kappa shape index (κ2) is 17.5. The number of aromatic nitrogens is 3. The minimum absolute atomic E-state index is 0. The van der Waals surface area contributed by atoms with E-state index in [9.17, 15) is 5.11 Å². The summed E-state index contributed by atoms with van der Waals surface area (Å²) >= 11 is 0. The molecule has 0 amide bonds. The summed E-state index contributed by atoms with van der Waals surface area (Å²) in [5.41, 5.74) is 15.6. The molecule has 0 radical (unpaired) electrons. The second-order valence-corrected chi connectivity index (χ2v) is 20.4. The quantitative estimate of drug-likeness (QED) is 0.154. The maximum atomic E-state index is 12.5. The molecule has 2 heterocycles. The first kappa shape index (κ1) is 45.5. The van der Waals surface area contributed by atoms with Gasteiger partial charge in [-0.05, 0) is 86.7 Å². The van der Waals surface area contributed by atoms with Crippen LogP contribution in [0.3, 0.4) is 0 Å². The summed E-state index contributed by atoms with van der Waals surface area (Å²) in [4.78, 5) is 10.6. The molecule has 5 heteroatoms. The van der Waals surface area contributed by atoms with Crippen LogP contribution < -0.4 is 0 Å². The number of para-hydroxylation sites is 1. The number of aromatic hydroxyl groups is 1. The van der Waals surface area contributed by atoms with Crippen molar-refractivity contribution in [2.45, 2.75) is 98.8 Å². The molecule has 8 rings (SSSR count). The summed E-state index contributed by atoms with van der Waals surface area (Å²) in [6.45, 7) is 24.5. The Balaban J connectivity index is 0.00000595. The van der Waals surface area contributed by atoms with Crippen LogP contribution >= 0.6 is 0 Å². The molecule has 0 spiro atoms. The van der Waals surface area contributed by atoms with Crippen LogP contribution in [-0.4, -0.2) is 19.6 Å². The monoisotopic (exact) mass is 1010 g/mol. The maximum absolute atomic E-state index is 12.5. The van der Waals surface area contributed by atoms with Crippen LogP contribution in [0.2, 0.25) is 0 Å². The Morgan fingerprint density at radius 1 is 0.587 bits per heavy atom. The van der Waals surface area contributed by atoms with E-state index in [2.05, 4.69) is 214 Å². The number of pyridine rings is 1. The molecule has 2 aromatic heterocycles. The van der Waals surface area contributed by atoms with E-state index in [0.29, 0.717) is 17.3 Å². The smallest absolute Gasteiger partial charge is 0.148 e. The standard InChI is InChI=1S/C58H60N3O.Pt/c1-37(2)29-38-25-26-51(47(30-38)40-21-16-13-17-22-40)61-52-24-18-23-46(53(52)60-55(61)48-35-45(57(6,7)8)36-49(54(48)62)58(9,10)11)42-31-43(33-44(32-42)56(3,4)5)50-34-41(27-28-59-50)39-19-14-12-15-20-39;/h12-28,30,32-37,62H,29H2,1-11H3;/q-1;.